The van der Waals surface area contributed by atoms with Crippen LogP contribution in [0.5, 0.6) is 0 Å². The minimum Gasteiger partial charge on any atom is -0.370 e. The molecule has 0 fully saturated rings. The van der Waals surface area contributed by atoms with E-state index in [1.807, 2.05) is 0 Å². The molecular formula is C5H11N7S. The third kappa shape index (κ3) is 3.28. The molecule has 0 bridgehead atoms. The van der Waals surface area contributed by atoms with Gasteiger partial charge in [-0.05, 0) is 16.8 Å². The molecule has 1 rings (SSSR count). The molecule has 0 spiro atoms. The standard InChI is InChI=1S/C5H11N7S/c6-4(7)8-2-1-3-12-5(13)9-10-11-12/h1-3H2,(H4,6,7,8)(H,9,11,13). The van der Waals surface area contributed by atoms with Gasteiger partial charge in [0.1, 0.15) is 0 Å². The normalized spacial score (nSPS) is 9.92. The molecule has 1 aromatic rings. The molecule has 0 amide bonds. The van der Waals surface area contributed by atoms with Gasteiger partial charge in [0.05, 0.1) is 0 Å². The highest BCUT2D eigenvalue weighted by Gasteiger charge is 1.99. The lowest BCUT2D eigenvalue weighted by Gasteiger charge is -2.03. The van der Waals surface area contributed by atoms with Gasteiger partial charge in [-0.3, -0.25) is 5.41 Å². The average Bonchev–Trinajstić information content (AvgIpc) is 2.45. The number of aromatic nitrogens is 4. The largest absolute Gasteiger partial charge is 0.370 e. The number of hydrogen-bond donors (Lipinski definition) is 4. The van der Waals surface area contributed by atoms with Gasteiger partial charge in [-0.1, -0.05) is 0 Å². The van der Waals surface area contributed by atoms with Crippen LogP contribution in [-0.2, 0) is 6.54 Å². The van der Waals surface area contributed by atoms with Crippen LogP contribution in [0.4, 0.5) is 0 Å². The Hall–Kier alpha value is -1.31. The number of aryl methyl sites for hydroxylation is 1. The van der Waals surface area contributed by atoms with Crippen molar-refractivity contribution in [3.8, 4) is 0 Å². The van der Waals surface area contributed by atoms with Crippen molar-refractivity contribution >= 4 is 18.6 Å². The fourth-order valence-electron chi connectivity index (χ4n) is 0.797. The predicted octanol–water partition coefficient (Wildman–Crippen LogP) is -1.17. The summed E-state index contributed by atoms with van der Waals surface area (Å²) < 4.78 is 1.57. The van der Waals surface area contributed by atoms with Gasteiger partial charge in [0.15, 0.2) is 5.96 Å². The van der Waals surface area contributed by atoms with Crippen molar-refractivity contribution in [2.45, 2.75) is 18.1 Å². The smallest absolute Gasteiger partial charge is 0.206 e. The Bertz CT molecular complexity index is 282. The molecule has 1 heterocycles. The summed E-state index contributed by atoms with van der Waals surface area (Å²) in [5.41, 5.74) is 5.09. The zero-order valence-corrected chi connectivity index (χ0v) is 7.83. The minimum absolute atomic E-state index is 0.0252. The van der Waals surface area contributed by atoms with E-state index in [-0.39, 0.29) is 5.96 Å². The van der Waals surface area contributed by atoms with Crippen LogP contribution in [0.2, 0.25) is 0 Å². The Labute approximate surface area is 80.6 Å². The third-order valence-electron chi connectivity index (χ3n) is 1.38. The lowest BCUT2D eigenvalue weighted by atomic mass is 10.4. The number of rotatable bonds is 4. The number of tetrazole rings is 1. The number of nitrogens with zero attached hydrogens (tertiary/aromatic N) is 4. The number of nitrogens with two attached hydrogens (primary N) is 1. The van der Waals surface area contributed by atoms with Crippen LogP contribution in [0.15, 0.2) is 5.16 Å². The Balaban J connectivity index is 2.20. The van der Waals surface area contributed by atoms with Crippen LogP contribution < -0.4 is 11.1 Å². The minimum atomic E-state index is -0.0252. The van der Waals surface area contributed by atoms with Gasteiger partial charge in [-0.15, -0.1) is 17.7 Å². The van der Waals surface area contributed by atoms with Crippen LogP contribution in [0.3, 0.4) is 0 Å². The summed E-state index contributed by atoms with van der Waals surface area (Å²) in [4.78, 5) is 0. The van der Waals surface area contributed by atoms with E-state index in [9.17, 15) is 0 Å². The summed E-state index contributed by atoms with van der Waals surface area (Å²) in [5.74, 6) is -0.0252. The predicted molar refractivity (Wildman–Crippen MR) is 49.6 cm³/mol. The monoisotopic (exact) mass is 201 g/mol. The summed E-state index contributed by atoms with van der Waals surface area (Å²) >= 11 is 4.03. The quantitative estimate of drug-likeness (QED) is 0.213. The summed E-state index contributed by atoms with van der Waals surface area (Å²) in [6, 6.07) is 0. The lowest BCUT2D eigenvalue weighted by Crippen LogP contribution is -2.31. The molecule has 0 aliphatic rings. The topological polar surface area (TPSA) is 106 Å². The van der Waals surface area contributed by atoms with Crippen molar-refractivity contribution in [1.82, 2.24) is 25.5 Å². The molecule has 0 saturated heterocycles. The first kappa shape index (κ1) is 9.78. The van der Waals surface area contributed by atoms with Crippen LogP contribution >= 0.6 is 12.6 Å². The molecule has 4 N–H and O–H groups in total. The fraction of sp³-hybridized carbons (Fsp3) is 0.600. The first-order valence-corrected chi connectivity index (χ1v) is 4.18. The summed E-state index contributed by atoms with van der Waals surface area (Å²) in [6.45, 7) is 1.29. The Morgan fingerprint density at radius 2 is 2.46 bits per heavy atom. The Morgan fingerprint density at radius 3 is 3.00 bits per heavy atom. The molecule has 7 nitrogen and oxygen atoms in total. The third-order valence-corrected chi connectivity index (χ3v) is 1.70. The van der Waals surface area contributed by atoms with E-state index in [0.717, 1.165) is 6.42 Å². The van der Waals surface area contributed by atoms with Crippen molar-refractivity contribution in [1.29, 1.82) is 5.41 Å². The maximum Gasteiger partial charge on any atom is 0.206 e. The van der Waals surface area contributed by atoms with E-state index in [0.29, 0.717) is 18.2 Å². The second kappa shape index (κ2) is 4.65. The lowest BCUT2D eigenvalue weighted by molar-refractivity contribution is 0.520. The summed E-state index contributed by atoms with van der Waals surface area (Å²) in [5, 5.41) is 20.8. The van der Waals surface area contributed by atoms with Crippen LogP contribution in [0, 0.1) is 5.41 Å². The van der Waals surface area contributed by atoms with E-state index < -0.39 is 0 Å². The van der Waals surface area contributed by atoms with Gasteiger partial charge in [-0.2, -0.15) is 0 Å². The molecule has 1 aromatic heterocycles. The molecule has 0 aromatic carbocycles. The van der Waals surface area contributed by atoms with Crippen molar-refractivity contribution in [2.24, 2.45) is 5.73 Å². The highest BCUT2D eigenvalue weighted by atomic mass is 32.1. The maximum absolute atomic E-state index is 6.89. The van der Waals surface area contributed by atoms with Crippen molar-refractivity contribution in [2.75, 3.05) is 6.54 Å². The summed E-state index contributed by atoms with van der Waals surface area (Å²) in [7, 11) is 0. The zero-order chi connectivity index (χ0) is 9.68. The molecule has 0 atom stereocenters. The molecule has 72 valence electrons. The second-order valence-electron chi connectivity index (χ2n) is 2.40. The Morgan fingerprint density at radius 1 is 1.69 bits per heavy atom. The molecule has 0 aliphatic carbocycles. The Kier molecular flexibility index (Phi) is 3.50. The summed E-state index contributed by atoms with van der Waals surface area (Å²) in [6.07, 6.45) is 0.790. The highest BCUT2D eigenvalue weighted by Crippen LogP contribution is 1.97. The van der Waals surface area contributed by atoms with E-state index in [1.165, 1.54) is 0 Å². The van der Waals surface area contributed by atoms with E-state index in [1.54, 1.807) is 4.68 Å². The molecule has 0 saturated carbocycles. The molecule has 13 heavy (non-hydrogen) atoms. The number of hydrogen-bond acceptors (Lipinski definition) is 5. The molecule has 0 aliphatic heterocycles. The van der Waals surface area contributed by atoms with Gasteiger partial charge in [0.2, 0.25) is 5.16 Å². The fourth-order valence-corrected chi connectivity index (χ4v) is 0.977. The molecule has 8 heteroatoms. The van der Waals surface area contributed by atoms with Crippen molar-refractivity contribution < 1.29 is 0 Å². The number of guanidine groups is 1. The van der Waals surface area contributed by atoms with Crippen LogP contribution in [0.25, 0.3) is 0 Å². The van der Waals surface area contributed by atoms with Crippen molar-refractivity contribution in [3.05, 3.63) is 0 Å². The van der Waals surface area contributed by atoms with Gasteiger partial charge < -0.3 is 11.1 Å². The van der Waals surface area contributed by atoms with E-state index in [4.69, 9.17) is 11.1 Å². The molecule has 0 unspecified atom stereocenters. The van der Waals surface area contributed by atoms with E-state index >= 15 is 0 Å². The highest BCUT2D eigenvalue weighted by molar-refractivity contribution is 7.80. The van der Waals surface area contributed by atoms with Crippen LogP contribution in [0.1, 0.15) is 6.42 Å². The van der Waals surface area contributed by atoms with Gasteiger partial charge in [0.25, 0.3) is 0 Å². The van der Waals surface area contributed by atoms with Gasteiger partial charge in [-0.25, -0.2) is 4.68 Å². The maximum atomic E-state index is 6.89. The van der Waals surface area contributed by atoms with Crippen LogP contribution in [-0.4, -0.2) is 32.7 Å². The molecule has 0 radical (unpaired) electrons. The number of thiol groups is 1. The number of nitrogens with one attached hydrogen (secondary N) is 2. The molecular weight excluding hydrogens is 190 g/mol. The first-order chi connectivity index (χ1) is 6.20. The van der Waals surface area contributed by atoms with Gasteiger partial charge >= 0.3 is 0 Å². The zero-order valence-electron chi connectivity index (χ0n) is 6.93. The van der Waals surface area contributed by atoms with Crippen molar-refractivity contribution in [3.63, 3.8) is 0 Å². The second-order valence-corrected chi connectivity index (χ2v) is 2.80. The SMILES string of the molecule is N=C(N)NCCCn1nnnc1S. The first-order valence-electron chi connectivity index (χ1n) is 3.73. The van der Waals surface area contributed by atoms with Gasteiger partial charge in [0, 0.05) is 13.1 Å². The average molecular weight is 201 g/mol. The van der Waals surface area contributed by atoms with E-state index in [2.05, 4.69) is 33.5 Å².